The van der Waals surface area contributed by atoms with Gasteiger partial charge in [0, 0.05) is 66.1 Å². The van der Waals surface area contributed by atoms with Crippen molar-refractivity contribution in [2.75, 3.05) is 13.7 Å². The van der Waals surface area contributed by atoms with Gasteiger partial charge in [-0.05, 0) is 82.9 Å². The number of carboxylic acids is 1. The van der Waals surface area contributed by atoms with Crippen LogP contribution in [0.25, 0.3) is 33.4 Å². The predicted octanol–water partition coefficient (Wildman–Crippen LogP) is 5.77. The Morgan fingerprint density at radius 2 is 2.00 bits per heavy atom. The molecule has 0 spiro atoms. The lowest BCUT2D eigenvalue weighted by molar-refractivity contribution is -0.160. The third-order valence-electron chi connectivity index (χ3n) is 8.14. The van der Waals surface area contributed by atoms with Crippen molar-refractivity contribution in [2.24, 2.45) is 12.0 Å². The van der Waals surface area contributed by atoms with Gasteiger partial charge in [0.1, 0.15) is 11.3 Å². The number of amides is 1. The summed E-state index contributed by atoms with van der Waals surface area (Å²) in [6, 6.07) is 5.97. The van der Waals surface area contributed by atoms with E-state index in [0.29, 0.717) is 57.7 Å². The molecule has 246 valence electrons. The highest BCUT2D eigenvalue weighted by Gasteiger charge is 2.34. The molecule has 0 bridgehead atoms. The van der Waals surface area contributed by atoms with Gasteiger partial charge in [-0.2, -0.15) is 0 Å². The van der Waals surface area contributed by atoms with E-state index in [2.05, 4.69) is 15.3 Å². The number of ether oxygens (including phenoxy) is 2. The molecule has 4 aromatic rings. The summed E-state index contributed by atoms with van der Waals surface area (Å²) < 4.78 is 29.4. The molecule has 2 atom stereocenters. The van der Waals surface area contributed by atoms with Gasteiger partial charge in [0.25, 0.3) is 5.91 Å². The van der Waals surface area contributed by atoms with Crippen LogP contribution >= 0.6 is 0 Å². The maximum absolute atomic E-state index is 15.7. The van der Waals surface area contributed by atoms with Gasteiger partial charge >= 0.3 is 5.97 Å². The number of aromatic nitrogens is 3. The van der Waals surface area contributed by atoms with Gasteiger partial charge in [-0.3, -0.25) is 14.8 Å². The van der Waals surface area contributed by atoms with E-state index < -0.39 is 35.4 Å². The van der Waals surface area contributed by atoms with E-state index in [1.54, 1.807) is 46.9 Å². The van der Waals surface area contributed by atoms with E-state index in [9.17, 15) is 14.7 Å². The molecule has 47 heavy (non-hydrogen) atoms. The first kappa shape index (κ1) is 33.4. The first-order valence-electron chi connectivity index (χ1n) is 15.3. The zero-order chi connectivity index (χ0) is 34.2. The average Bonchev–Trinajstić information content (AvgIpc) is 3.35. The highest BCUT2D eigenvalue weighted by Crippen LogP contribution is 2.45. The van der Waals surface area contributed by atoms with Gasteiger partial charge in [-0.15, -0.1) is 0 Å². The minimum atomic E-state index is -1.40. The summed E-state index contributed by atoms with van der Waals surface area (Å²) in [5, 5.41) is 21.3. The fourth-order valence-corrected chi connectivity index (χ4v) is 6.07. The van der Waals surface area contributed by atoms with E-state index in [0.717, 1.165) is 23.8 Å². The Balaban J connectivity index is 1.78. The van der Waals surface area contributed by atoms with Crippen LogP contribution < -0.4 is 10.1 Å². The first-order valence-corrected chi connectivity index (χ1v) is 15.3. The van der Waals surface area contributed by atoms with Crippen LogP contribution in [0.1, 0.15) is 66.2 Å². The molecule has 0 fully saturated rings. The van der Waals surface area contributed by atoms with Crippen molar-refractivity contribution < 1.29 is 28.6 Å². The number of fused-ring (bicyclic) bond motifs is 2. The SMILES string of the molecule is CN=CC(C=N)NC(=O)c1cc(-c2cc3c(-c4cc(F)c5c(c4C)CCCO5)c(C(OC(C)(C)C)C(=O)O)c(C)nc3n2C)ccn1. The number of carbonyl (C=O) groups excluding carboxylic acids is 1. The second-order valence-corrected chi connectivity index (χ2v) is 12.6. The number of aliphatic carboxylic acids is 1. The molecule has 4 heterocycles. The highest BCUT2D eigenvalue weighted by atomic mass is 19.1. The maximum Gasteiger partial charge on any atom is 0.337 e. The van der Waals surface area contributed by atoms with Crippen molar-refractivity contribution >= 4 is 35.3 Å². The highest BCUT2D eigenvalue weighted by molar-refractivity contribution is 6.02. The van der Waals surface area contributed by atoms with Gasteiger partial charge in [0.15, 0.2) is 17.7 Å². The molecule has 12 heteroatoms. The van der Waals surface area contributed by atoms with Crippen molar-refractivity contribution in [3.05, 3.63) is 64.4 Å². The molecule has 1 aromatic carbocycles. The molecule has 5 rings (SSSR count). The summed E-state index contributed by atoms with van der Waals surface area (Å²) >= 11 is 0. The quantitative estimate of drug-likeness (QED) is 0.196. The molecule has 1 amide bonds. The Hall–Kier alpha value is -4.97. The van der Waals surface area contributed by atoms with Crippen molar-refractivity contribution in [2.45, 2.75) is 65.2 Å². The molecule has 1 aliphatic rings. The second kappa shape index (κ2) is 13.0. The van der Waals surface area contributed by atoms with Crippen LogP contribution in [0.3, 0.4) is 0 Å². The number of benzene rings is 1. The van der Waals surface area contributed by atoms with Crippen LogP contribution in [0.15, 0.2) is 35.5 Å². The number of nitrogens with zero attached hydrogens (tertiary/aromatic N) is 4. The Kier molecular flexibility index (Phi) is 9.26. The molecular formula is C35H39FN6O5. The van der Waals surface area contributed by atoms with Crippen LogP contribution in [-0.4, -0.2) is 69.2 Å². The minimum absolute atomic E-state index is 0.131. The third-order valence-corrected chi connectivity index (χ3v) is 8.14. The van der Waals surface area contributed by atoms with Gasteiger partial charge in [-0.25, -0.2) is 14.2 Å². The monoisotopic (exact) mass is 642 g/mol. The van der Waals surface area contributed by atoms with E-state index in [1.165, 1.54) is 18.5 Å². The number of aryl methyl sites for hydroxylation is 2. The molecule has 1 aliphatic heterocycles. The fourth-order valence-electron chi connectivity index (χ4n) is 6.07. The van der Waals surface area contributed by atoms with Crippen molar-refractivity contribution in [3.8, 4) is 28.1 Å². The Labute approximate surface area is 272 Å². The molecule has 2 unspecified atom stereocenters. The molecule has 3 aromatic heterocycles. The summed E-state index contributed by atoms with van der Waals surface area (Å²) in [4.78, 5) is 38.9. The van der Waals surface area contributed by atoms with Gasteiger partial charge in [0.05, 0.1) is 23.9 Å². The summed E-state index contributed by atoms with van der Waals surface area (Å²) in [5.74, 6) is -1.97. The largest absolute Gasteiger partial charge is 0.490 e. The Bertz CT molecular complexity index is 1930. The number of aliphatic imine (C=N–C) groups is 1. The number of rotatable bonds is 9. The zero-order valence-corrected chi connectivity index (χ0v) is 27.6. The first-order chi connectivity index (χ1) is 22.2. The molecule has 3 N–H and O–H groups in total. The lowest BCUT2D eigenvalue weighted by atomic mass is 9.86. The fraction of sp³-hybridized carbons (Fsp3) is 0.371. The van der Waals surface area contributed by atoms with Crippen molar-refractivity contribution in [1.82, 2.24) is 19.9 Å². The topological polar surface area (TPSA) is 152 Å². The van der Waals surface area contributed by atoms with Gasteiger partial charge < -0.3 is 29.9 Å². The van der Waals surface area contributed by atoms with Crippen LogP contribution in [0.5, 0.6) is 5.75 Å². The predicted molar refractivity (Wildman–Crippen MR) is 178 cm³/mol. The average molecular weight is 643 g/mol. The molecule has 0 aliphatic carbocycles. The zero-order valence-electron chi connectivity index (χ0n) is 27.6. The number of carboxylic acid groups (broad SMARTS) is 1. The lowest BCUT2D eigenvalue weighted by Crippen LogP contribution is -2.37. The maximum atomic E-state index is 15.7. The number of carbonyl (C=O) groups is 2. The standard InChI is InChI=1S/C35H39FN6O5/c1-18-22-9-8-12-46-30(22)25(36)14-23(18)29-24-15-27(20-10-11-39-26(13-20)33(43)41-21(16-37)17-38-6)42(7)32(24)40-19(2)28(29)31(34(44)45)47-35(3,4)5/h10-11,13-17,21,31,37H,8-9,12H2,1-7H3,(H,41,43)(H,44,45). The lowest BCUT2D eigenvalue weighted by Gasteiger charge is -2.29. The second-order valence-electron chi connectivity index (χ2n) is 12.6. The Morgan fingerprint density at radius 1 is 1.26 bits per heavy atom. The molecule has 11 nitrogen and oxygen atoms in total. The van der Waals surface area contributed by atoms with Gasteiger partial charge in [-0.1, -0.05) is 0 Å². The van der Waals surface area contributed by atoms with E-state index in [4.69, 9.17) is 19.9 Å². The van der Waals surface area contributed by atoms with Crippen LogP contribution in [-0.2, 0) is 23.0 Å². The summed E-state index contributed by atoms with van der Waals surface area (Å²) in [6.45, 7) is 9.40. The van der Waals surface area contributed by atoms with E-state index >= 15 is 4.39 Å². The summed E-state index contributed by atoms with van der Waals surface area (Å²) in [7, 11) is 3.38. The number of nitrogens with one attached hydrogen (secondary N) is 2. The van der Waals surface area contributed by atoms with Crippen LogP contribution in [0.2, 0.25) is 0 Å². The summed E-state index contributed by atoms with van der Waals surface area (Å²) in [6.07, 6.45) is 3.98. The number of hydrogen-bond acceptors (Lipinski definition) is 8. The Morgan fingerprint density at radius 3 is 2.66 bits per heavy atom. The minimum Gasteiger partial charge on any atom is -0.490 e. The van der Waals surface area contributed by atoms with Crippen LogP contribution in [0, 0.1) is 25.1 Å². The summed E-state index contributed by atoms with van der Waals surface area (Å²) in [5.41, 5.74) is 4.51. The number of pyridine rings is 2. The van der Waals surface area contributed by atoms with Crippen molar-refractivity contribution in [1.29, 1.82) is 5.41 Å². The van der Waals surface area contributed by atoms with Crippen LogP contribution in [0.4, 0.5) is 4.39 Å². The number of halogens is 1. The smallest absolute Gasteiger partial charge is 0.337 e. The number of hydrogen-bond donors (Lipinski definition) is 3. The molecule has 0 saturated heterocycles. The molecule has 0 saturated carbocycles. The molecule has 0 radical (unpaired) electrons. The molecular weight excluding hydrogens is 603 g/mol. The van der Waals surface area contributed by atoms with Crippen molar-refractivity contribution in [3.63, 3.8) is 0 Å². The van der Waals surface area contributed by atoms with E-state index in [-0.39, 0.29) is 11.4 Å². The van der Waals surface area contributed by atoms with Gasteiger partial charge in [0.2, 0.25) is 0 Å². The van der Waals surface area contributed by atoms with E-state index in [1.807, 2.05) is 24.6 Å². The normalized spacial score (nSPS) is 14.5. The third kappa shape index (κ3) is 6.50.